The number of nitrogens with zero attached hydrogens (tertiary/aromatic N) is 1. The number of ether oxygens (including phenoxy) is 1. The van der Waals surface area contributed by atoms with Crippen LogP contribution in [0.4, 0.5) is 10.1 Å². The maximum atomic E-state index is 13.4. The van der Waals surface area contributed by atoms with Gasteiger partial charge in [-0.05, 0) is 28.8 Å². The van der Waals surface area contributed by atoms with Crippen molar-refractivity contribution in [3.8, 4) is 5.75 Å². The molecule has 1 aliphatic rings. The largest absolute Gasteiger partial charge is 0.479 e. The highest BCUT2D eigenvalue weighted by molar-refractivity contribution is 9.10. The van der Waals surface area contributed by atoms with E-state index in [9.17, 15) is 19.3 Å². The number of halogens is 2. The molecule has 0 heterocycles. The van der Waals surface area contributed by atoms with E-state index in [0.29, 0.717) is 0 Å². The molecule has 0 aliphatic heterocycles. The summed E-state index contributed by atoms with van der Waals surface area (Å²) in [4.78, 5) is 22.1. The van der Waals surface area contributed by atoms with Crippen LogP contribution >= 0.6 is 15.9 Å². The van der Waals surface area contributed by atoms with Gasteiger partial charge in [0.25, 0.3) is 0 Å². The van der Waals surface area contributed by atoms with Gasteiger partial charge in [-0.3, -0.25) is 14.9 Å². The summed E-state index contributed by atoms with van der Waals surface area (Å²) in [6.07, 6.45) is 3.70. The van der Waals surface area contributed by atoms with Crippen molar-refractivity contribution in [3.63, 3.8) is 0 Å². The Morgan fingerprint density at radius 3 is 2.70 bits per heavy atom. The number of carbonyl (C=O) groups is 1. The Morgan fingerprint density at radius 1 is 1.45 bits per heavy atom. The Balaban J connectivity index is 2.10. The van der Waals surface area contributed by atoms with Crippen LogP contribution in [-0.2, 0) is 4.79 Å². The third-order valence-corrected chi connectivity index (χ3v) is 3.99. The van der Waals surface area contributed by atoms with Crippen LogP contribution in [0.25, 0.3) is 0 Å². The molecule has 1 fully saturated rings. The molecule has 2 rings (SSSR count). The molecule has 1 aromatic rings. The van der Waals surface area contributed by atoms with Crippen LogP contribution < -0.4 is 4.74 Å². The SMILES string of the molecule is O=C(COc1cc(F)c(Br)cc1[N+](=O)[O-])C1CCCC1. The van der Waals surface area contributed by atoms with E-state index in [0.717, 1.165) is 37.8 Å². The molecule has 0 atom stereocenters. The second kappa shape index (κ2) is 6.30. The normalized spacial score (nSPS) is 15.3. The lowest BCUT2D eigenvalue weighted by Crippen LogP contribution is -2.19. The molecule has 1 aliphatic carbocycles. The van der Waals surface area contributed by atoms with Crippen molar-refractivity contribution in [2.45, 2.75) is 25.7 Å². The predicted octanol–water partition coefficient (Wildman–Crippen LogP) is 3.63. The van der Waals surface area contributed by atoms with Crippen LogP contribution in [0.3, 0.4) is 0 Å². The van der Waals surface area contributed by atoms with Crippen molar-refractivity contribution in [2.24, 2.45) is 5.92 Å². The fraction of sp³-hybridized carbons (Fsp3) is 0.462. The van der Waals surface area contributed by atoms with Gasteiger partial charge >= 0.3 is 5.69 Å². The number of nitro groups is 1. The first kappa shape index (κ1) is 14.9. The van der Waals surface area contributed by atoms with E-state index < -0.39 is 10.7 Å². The standard InChI is InChI=1S/C13H13BrFNO4/c14-9-5-11(16(18)19)13(6-10(9)15)20-7-12(17)8-3-1-2-4-8/h5-6,8H,1-4,7H2. The van der Waals surface area contributed by atoms with Crippen molar-refractivity contribution in [3.05, 3.63) is 32.5 Å². The Morgan fingerprint density at radius 2 is 2.10 bits per heavy atom. The molecule has 0 spiro atoms. The number of rotatable bonds is 5. The van der Waals surface area contributed by atoms with Crippen molar-refractivity contribution >= 4 is 27.4 Å². The zero-order chi connectivity index (χ0) is 14.7. The van der Waals surface area contributed by atoms with E-state index in [1.165, 1.54) is 0 Å². The van der Waals surface area contributed by atoms with Gasteiger partial charge in [0.2, 0.25) is 5.75 Å². The number of nitro benzene ring substituents is 1. The van der Waals surface area contributed by atoms with E-state index in [-0.39, 0.29) is 34.2 Å². The maximum Gasteiger partial charge on any atom is 0.312 e. The van der Waals surface area contributed by atoms with Gasteiger partial charge in [-0.15, -0.1) is 0 Å². The van der Waals surface area contributed by atoms with Gasteiger partial charge in [-0.1, -0.05) is 12.8 Å². The summed E-state index contributed by atoms with van der Waals surface area (Å²) in [6, 6.07) is 1.95. The molecule has 1 saturated carbocycles. The zero-order valence-electron chi connectivity index (χ0n) is 10.6. The molecular formula is C13H13BrFNO4. The molecule has 1 aromatic carbocycles. The lowest BCUT2D eigenvalue weighted by molar-refractivity contribution is -0.385. The molecule has 0 N–H and O–H groups in total. The minimum atomic E-state index is -0.668. The van der Waals surface area contributed by atoms with E-state index in [2.05, 4.69) is 15.9 Å². The van der Waals surface area contributed by atoms with Gasteiger partial charge in [0.15, 0.2) is 5.78 Å². The minimum Gasteiger partial charge on any atom is -0.479 e. The summed E-state index contributed by atoms with van der Waals surface area (Å²) in [7, 11) is 0. The highest BCUT2D eigenvalue weighted by Crippen LogP contribution is 2.33. The summed E-state index contributed by atoms with van der Waals surface area (Å²) in [5.41, 5.74) is -0.363. The summed E-state index contributed by atoms with van der Waals surface area (Å²) >= 11 is 2.88. The molecule has 0 bridgehead atoms. The van der Waals surface area contributed by atoms with Crippen molar-refractivity contribution in [1.29, 1.82) is 0 Å². The molecule has 0 amide bonds. The second-order valence-corrected chi connectivity index (χ2v) is 5.58. The van der Waals surface area contributed by atoms with E-state index >= 15 is 0 Å². The van der Waals surface area contributed by atoms with Crippen LogP contribution in [0, 0.1) is 21.8 Å². The zero-order valence-corrected chi connectivity index (χ0v) is 12.2. The average Bonchev–Trinajstić information content (AvgIpc) is 2.93. The molecule has 7 heteroatoms. The van der Waals surface area contributed by atoms with Gasteiger partial charge < -0.3 is 4.74 Å². The first-order chi connectivity index (χ1) is 9.49. The van der Waals surface area contributed by atoms with Crippen molar-refractivity contribution in [2.75, 3.05) is 6.61 Å². The summed E-state index contributed by atoms with van der Waals surface area (Å²) in [6.45, 7) is -0.257. The lowest BCUT2D eigenvalue weighted by atomic mass is 10.0. The van der Waals surface area contributed by atoms with Crippen LogP contribution in [0.2, 0.25) is 0 Å². The molecule has 5 nitrogen and oxygen atoms in total. The minimum absolute atomic E-state index is 0.0151. The van der Waals surface area contributed by atoms with E-state index in [4.69, 9.17) is 4.74 Å². The van der Waals surface area contributed by atoms with Crippen LogP contribution in [-0.4, -0.2) is 17.3 Å². The molecule has 108 valence electrons. The number of hydrogen-bond donors (Lipinski definition) is 0. The van der Waals surface area contributed by atoms with Gasteiger partial charge in [0.1, 0.15) is 12.4 Å². The Kier molecular flexibility index (Phi) is 4.69. The Hall–Kier alpha value is -1.50. The lowest BCUT2D eigenvalue weighted by Gasteiger charge is -2.10. The Labute approximate surface area is 123 Å². The molecule has 20 heavy (non-hydrogen) atoms. The number of hydrogen-bond acceptors (Lipinski definition) is 4. The fourth-order valence-corrected chi connectivity index (χ4v) is 2.62. The maximum absolute atomic E-state index is 13.4. The van der Waals surface area contributed by atoms with Gasteiger partial charge in [0, 0.05) is 18.1 Å². The molecule has 0 unspecified atom stereocenters. The number of Topliss-reactive ketones (excluding diaryl/α,β-unsaturated/α-hetero) is 1. The average molecular weight is 346 g/mol. The Bertz CT molecular complexity index is 543. The molecule has 0 aromatic heterocycles. The predicted molar refractivity (Wildman–Crippen MR) is 73.2 cm³/mol. The van der Waals surface area contributed by atoms with Crippen LogP contribution in [0.5, 0.6) is 5.75 Å². The fourth-order valence-electron chi connectivity index (χ4n) is 2.29. The monoisotopic (exact) mass is 345 g/mol. The number of ketones is 1. The summed E-state index contributed by atoms with van der Waals surface area (Å²) < 4.78 is 18.6. The van der Waals surface area contributed by atoms with Crippen LogP contribution in [0.1, 0.15) is 25.7 Å². The second-order valence-electron chi connectivity index (χ2n) is 4.73. The number of carbonyl (C=O) groups excluding carboxylic acids is 1. The topological polar surface area (TPSA) is 69.4 Å². The third kappa shape index (κ3) is 3.33. The van der Waals surface area contributed by atoms with Crippen molar-refractivity contribution in [1.82, 2.24) is 0 Å². The third-order valence-electron chi connectivity index (χ3n) is 3.38. The first-order valence-electron chi connectivity index (χ1n) is 6.28. The number of benzene rings is 1. The smallest absolute Gasteiger partial charge is 0.312 e. The van der Waals surface area contributed by atoms with Crippen LogP contribution in [0.15, 0.2) is 16.6 Å². The van der Waals surface area contributed by atoms with E-state index in [1.807, 2.05) is 0 Å². The first-order valence-corrected chi connectivity index (χ1v) is 7.07. The quantitative estimate of drug-likeness (QED) is 0.603. The molecular weight excluding hydrogens is 333 g/mol. The van der Waals surface area contributed by atoms with Gasteiger partial charge in [-0.25, -0.2) is 4.39 Å². The van der Waals surface area contributed by atoms with Gasteiger partial charge in [-0.2, -0.15) is 0 Å². The van der Waals surface area contributed by atoms with E-state index in [1.54, 1.807) is 0 Å². The highest BCUT2D eigenvalue weighted by atomic mass is 79.9. The highest BCUT2D eigenvalue weighted by Gasteiger charge is 2.25. The van der Waals surface area contributed by atoms with Crippen molar-refractivity contribution < 1.29 is 18.8 Å². The molecule has 0 radical (unpaired) electrons. The molecule has 0 saturated heterocycles. The summed E-state index contributed by atoms with van der Waals surface area (Å²) in [5.74, 6) is -1.00. The van der Waals surface area contributed by atoms with Gasteiger partial charge in [0.05, 0.1) is 9.40 Å². The summed E-state index contributed by atoms with van der Waals surface area (Å²) in [5, 5.41) is 10.9.